The number of nitrogens with zero attached hydrogens (tertiary/aromatic N) is 2. The molecule has 1 N–H and O–H groups in total. The van der Waals surface area contributed by atoms with Crippen LogP contribution in [0.1, 0.15) is 36.8 Å². The van der Waals surface area contributed by atoms with Crippen LogP contribution in [0.5, 0.6) is 0 Å². The van der Waals surface area contributed by atoms with Gasteiger partial charge in [-0.2, -0.15) is 0 Å². The number of rotatable bonds is 8. The summed E-state index contributed by atoms with van der Waals surface area (Å²) in [6, 6.07) is 18.1. The summed E-state index contributed by atoms with van der Waals surface area (Å²) >= 11 is 1.25. The van der Waals surface area contributed by atoms with Gasteiger partial charge in [-0.05, 0) is 35.6 Å². The number of carbonyl (C=O) groups excluding carboxylic acids is 1. The zero-order valence-corrected chi connectivity index (χ0v) is 16.3. The lowest BCUT2D eigenvalue weighted by molar-refractivity contribution is -0.113. The van der Waals surface area contributed by atoms with Gasteiger partial charge in [0.15, 0.2) is 0 Å². The number of hydrogen-bond acceptors (Lipinski definition) is 5. The summed E-state index contributed by atoms with van der Waals surface area (Å²) in [5.41, 5.74) is 3.27. The van der Waals surface area contributed by atoms with E-state index in [2.05, 4.69) is 41.5 Å². The highest BCUT2D eigenvalue weighted by Gasteiger charge is 2.13. The van der Waals surface area contributed by atoms with Crippen molar-refractivity contribution >= 4 is 23.4 Å². The lowest BCUT2D eigenvalue weighted by atomic mass is 9.98. The molecule has 1 unspecified atom stereocenters. The number of benzene rings is 2. The van der Waals surface area contributed by atoms with E-state index < -0.39 is 0 Å². The molecule has 5 nitrogen and oxygen atoms in total. The van der Waals surface area contributed by atoms with Crippen molar-refractivity contribution in [2.24, 2.45) is 0 Å². The third-order valence-corrected chi connectivity index (χ3v) is 5.09. The Hall–Kier alpha value is -2.60. The van der Waals surface area contributed by atoms with Crippen molar-refractivity contribution in [2.75, 3.05) is 11.1 Å². The second kappa shape index (κ2) is 9.37. The summed E-state index contributed by atoms with van der Waals surface area (Å²) in [7, 11) is 0. The van der Waals surface area contributed by atoms with Gasteiger partial charge in [0.05, 0.1) is 5.75 Å². The molecule has 3 rings (SSSR count). The van der Waals surface area contributed by atoms with Crippen LogP contribution in [0.4, 0.5) is 5.69 Å². The van der Waals surface area contributed by atoms with E-state index in [1.807, 2.05) is 42.5 Å². The lowest BCUT2D eigenvalue weighted by Crippen LogP contribution is -2.13. The number of amides is 1. The van der Waals surface area contributed by atoms with Crippen molar-refractivity contribution in [2.45, 2.75) is 37.8 Å². The molecule has 0 bridgehead atoms. The fourth-order valence-corrected chi connectivity index (χ4v) is 3.27. The fourth-order valence-electron chi connectivity index (χ4n) is 2.69. The molecule has 0 radical (unpaired) electrons. The van der Waals surface area contributed by atoms with Gasteiger partial charge in [0.25, 0.3) is 5.22 Å². The quantitative estimate of drug-likeness (QED) is 0.572. The minimum Gasteiger partial charge on any atom is -0.416 e. The van der Waals surface area contributed by atoms with Gasteiger partial charge >= 0.3 is 0 Å². The van der Waals surface area contributed by atoms with Gasteiger partial charge in [0.2, 0.25) is 11.8 Å². The number of hydrogen-bond donors (Lipinski definition) is 1. The Morgan fingerprint density at radius 3 is 2.56 bits per heavy atom. The average molecular weight is 382 g/mol. The molecule has 0 aliphatic rings. The second-order valence-corrected chi connectivity index (χ2v) is 7.29. The van der Waals surface area contributed by atoms with Crippen LogP contribution in [0.2, 0.25) is 0 Å². The predicted octanol–water partition coefficient (Wildman–Crippen LogP) is 4.71. The van der Waals surface area contributed by atoms with Crippen molar-refractivity contribution in [1.29, 1.82) is 0 Å². The van der Waals surface area contributed by atoms with E-state index in [4.69, 9.17) is 4.42 Å². The number of carbonyl (C=O) groups is 1. The molecule has 2 aromatic carbocycles. The molecule has 1 atom stereocenters. The van der Waals surface area contributed by atoms with Gasteiger partial charge in [0.1, 0.15) is 0 Å². The molecule has 0 spiro atoms. The lowest BCUT2D eigenvalue weighted by Gasteiger charge is -2.08. The Labute approximate surface area is 163 Å². The minimum absolute atomic E-state index is 0.0957. The summed E-state index contributed by atoms with van der Waals surface area (Å²) in [4.78, 5) is 12.1. The largest absolute Gasteiger partial charge is 0.416 e. The molecule has 1 heterocycles. The molecule has 0 fully saturated rings. The summed E-state index contributed by atoms with van der Waals surface area (Å²) < 4.78 is 5.67. The molecule has 3 aromatic rings. The molecule has 1 aromatic heterocycles. The van der Waals surface area contributed by atoms with E-state index >= 15 is 0 Å². The maximum Gasteiger partial charge on any atom is 0.277 e. The summed E-state index contributed by atoms with van der Waals surface area (Å²) in [6.45, 7) is 4.23. The highest BCUT2D eigenvalue weighted by atomic mass is 32.2. The van der Waals surface area contributed by atoms with Gasteiger partial charge in [-0.1, -0.05) is 68.1 Å². The molecule has 1 amide bonds. The minimum atomic E-state index is -0.0957. The molecule has 0 saturated heterocycles. The topological polar surface area (TPSA) is 68.0 Å². The maximum atomic E-state index is 12.1. The van der Waals surface area contributed by atoms with Gasteiger partial charge in [0, 0.05) is 12.1 Å². The summed E-state index contributed by atoms with van der Waals surface area (Å²) in [6.07, 6.45) is 1.65. The first-order valence-electron chi connectivity index (χ1n) is 9.03. The monoisotopic (exact) mass is 381 g/mol. The zero-order valence-electron chi connectivity index (χ0n) is 15.5. The van der Waals surface area contributed by atoms with Crippen LogP contribution in [-0.2, 0) is 17.6 Å². The van der Waals surface area contributed by atoms with Crippen LogP contribution >= 0.6 is 11.8 Å². The normalized spacial score (nSPS) is 11.9. The Bertz CT molecular complexity index is 863. The van der Waals surface area contributed by atoms with E-state index in [-0.39, 0.29) is 11.7 Å². The summed E-state index contributed by atoms with van der Waals surface area (Å²) in [5, 5.41) is 11.4. The van der Waals surface area contributed by atoms with Crippen LogP contribution in [0, 0.1) is 0 Å². The van der Waals surface area contributed by atoms with Crippen LogP contribution in [0.3, 0.4) is 0 Å². The van der Waals surface area contributed by atoms with E-state index in [1.165, 1.54) is 22.9 Å². The van der Waals surface area contributed by atoms with Crippen LogP contribution < -0.4 is 5.32 Å². The third kappa shape index (κ3) is 5.69. The molecule has 0 aliphatic heterocycles. The molecule has 140 valence electrons. The first kappa shape index (κ1) is 19.2. The Balaban J connectivity index is 1.48. The van der Waals surface area contributed by atoms with Crippen LogP contribution in [-0.4, -0.2) is 21.9 Å². The van der Waals surface area contributed by atoms with Crippen molar-refractivity contribution in [3.05, 3.63) is 71.6 Å². The van der Waals surface area contributed by atoms with Crippen molar-refractivity contribution < 1.29 is 9.21 Å². The van der Waals surface area contributed by atoms with Crippen molar-refractivity contribution in [3.8, 4) is 0 Å². The Kier molecular flexibility index (Phi) is 6.65. The van der Waals surface area contributed by atoms with E-state index in [9.17, 15) is 4.79 Å². The van der Waals surface area contributed by atoms with Gasteiger partial charge in [-0.15, -0.1) is 10.2 Å². The number of nitrogens with one attached hydrogen (secondary N) is 1. The van der Waals surface area contributed by atoms with Crippen LogP contribution in [0.15, 0.2) is 64.2 Å². The van der Waals surface area contributed by atoms with Crippen molar-refractivity contribution in [3.63, 3.8) is 0 Å². The first-order valence-corrected chi connectivity index (χ1v) is 10.0. The van der Waals surface area contributed by atoms with Gasteiger partial charge in [-0.3, -0.25) is 4.79 Å². The maximum absolute atomic E-state index is 12.1. The van der Waals surface area contributed by atoms with Crippen molar-refractivity contribution in [1.82, 2.24) is 10.2 Å². The van der Waals surface area contributed by atoms with Gasteiger partial charge in [-0.25, -0.2) is 0 Å². The number of anilines is 1. The molecule has 27 heavy (non-hydrogen) atoms. The SMILES string of the molecule is CCc1ccc(NC(=O)CSc2nnc(CC(C)c3ccccc3)o2)cc1. The van der Waals surface area contributed by atoms with E-state index in [1.54, 1.807) is 0 Å². The average Bonchev–Trinajstić information content (AvgIpc) is 3.15. The molecular weight excluding hydrogens is 358 g/mol. The Morgan fingerprint density at radius 2 is 1.85 bits per heavy atom. The summed E-state index contributed by atoms with van der Waals surface area (Å²) in [5.74, 6) is 1.01. The van der Waals surface area contributed by atoms with Crippen LogP contribution in [0.25, 0.3) is 0 Å². The predicted molar refractivity (Wildman–Crippen MR) is 108 cm³/mol. The number of aromatic nitrogens is 2. The van der Waals surface area contributed by atoms with E-state index in [0.717, 1.165) is 12.1 Å². The smallest absolute Gasteiger partial charge is 0.277 e. The molecule has 0 aliphatic carbocycles. The second-order valence-electron chi connectivity index (χ2n) is 6.36. The fraction of sp³-hybridized carbons (Fsp3) is 0.286. The standard InChI is InChI=1S/C21H23N3O2S/c1-3-16-9-11-18(12-10-16)22-19(25)14-27-21-24-23-20(26-21)13-15(2)17-7-5-4-6-8-17/h4-12,15H,3,13-14H2,1-2H3,(H,22,25). The Morgan fingerprint density at radius 1 is 1.11 bits per heavy atom. The third-order valence-electron chi connectivity index (χ3n) is 4.27. The molecular formula is C21H23N3O2S. The number of thioether (sulfide) groups is 1. The zero-order chi connectivity index (χ0) is 19.1. The molecule has 0 saturated carbocycles. The number of aryl methyl sites for hydroxylation is 1. The van der Waals surface area contributed by atoms with E-state index in [0.29, 0.717) is 23.5 Å². The molecule has 6 heteroatoms. The highest BCUT2D eigenvalue weighted by Crippen LogP contribution is 2.22. The highest BCUT2D eigenvalue weighted by molar-refractivity contribution is 7.99. The van der Waals surface area contributed by atoms with Gasteiger partial charge < -0.3 is 9.73 Å². The first-order chi connectivity index (χ1) is 13.1.